The summed E-state index contributed by atoms with van der Waals surface area (Å²) in [6.07, 6.45) is 2.35. The SMILES string of the molecule is CCOCCCNC(=O)/C(C#N)=C/c1cccs1. The van der Waals surface area contributed by atoms with Gasteiger partial charge >= 0.3 is 0 Å². The molecular weight excluding hydrogens is 248 g/mol. The molecule has 1 heterocycles. The van der Waals surface area contributed by atoms with Crippen LogP contribution in [0.2, 0.25) is 0 Å². The highest BCUT2D eigenvalue weighted by molar-refractivity contribution is 7.10. The molecule has 0 aliphatic rings. The number of nitrogens with one attached hydrogen (secondary N) is 1. The molecule has 0 atom stereocenters. The second-order valence-electron chi connectivity index (χ2n) is 3.49. The number of thiophene rings is 1. The molecule has 18 heavy (non-hydrogen) atoms. The third-order valence-corrected chi connectivity index (χ3v) is 2.97. The number of amides is 1. The van der Waals surface area contributed by atoms with Gasteiger partial charge in [-0.1, -0.05) is 6.07 Å². The smallest absolute Gasteiger partial charge is 0.261 e. The van der Waals surface area contributed by atoms with Crippen molar-refractivity contribution >= 4 is 23.3 Å². The molecule has 1 amide bonds. The minimum Gasteiger partial charge on any atom is -0.382 e. The molecule has 0 fully saturated rings. The van der Waals surface area contributed by atoms with E-state index < -0.39 is 0 Å². The number of rotatable bonds is 7. The quantitative estimate of drug-likeness (QED) is 0.466. The topological polar surface area (TPSA) is 62.1 Å². The van der Waals surface area contributed by atoms with Gasteiger partial charge in [0.15, 0.2) is 0 Å². The van der Waals surface area contributed by atoms with Crippen LogP contribution < -0.4 is 5.32 Å². The molecule has 0 aliphatic heterocycles. The van der Waals surface area contributed by atoms with E-state index in [1.807, 2.05) is 30.5 Å². The summed E-state index contributed by atoms with van der Waals surface area (Å²) in [5.74, 6) is -0.331. The van der Waals surface area contributed by atoms with E-state index in [1.165, 1.54) is 11.3 Å². The maximum atomic E-state index is 11.7. The van der Waals surface area contributed by atoms with Crippen molar-refractivity contribution in [2.75, 3.05) is 19.8 Å². The van der Waals surface area contributed by atoms with Crippen molar-refractivity contribution in [1.29, 1.82) is 5.26 Å². The van der Waals surface area contributed by atoms with Crippen LogP contribution in [0, 0.1) is 11.3 Å². The van der Waals surface area contributed by atoms with E-state index >= 15 is 0 Å². The van der Waals surface area contributed by atoms with E-state index in [4.69, 9.17) is 10.00 Å². The van der Waals surface area contributed by atoms with Crippen LogP contribution >= 0.6 is 11.3 Å². The highest BCUT2D eigenvalue weighted by atomic mass is 32.1. The van der Waals surface area contributed by atoms with Crippen LogP contribution in [0.15, 0.2) is 23.1 Å². The second kappa shape index (κ2) is 8.45. The molecule has 0 saturated heterocycles. The van der Waals surface area contributed by atoms with Crippen LogP contribution in [0.3, 0.4) is 0 Å². The van der Waals surface area contributed by atoms with Gasteiger partial charge in [0.1, 0.15) is 11.6 Å². The van der Waals surface area contributed by atoms with E-state index in [0.717, 1.165) is 11.3 Å². The van der Waals surface area contributed by atoms with Gasteiger partial charge < -0.3 is 10.1 Å². The van der Waals surface area contributed by atoms with Crippen LogP contribution in [0.25, 0.3) is 6.08 Å². The summed E-state index contributed by atoms with van der Waals surface area (Å²) < 4.78 is 5.16. The summed E-state index contributed by atoms with van der Waals surface area (Å²) in [7, 11) is 0. The lowest BCUT2D eigenvalue weighted by molar-refractivity contribution is -0.117. The van der Waals surface area contributed by atoms with E-state index in [2.05, 4.69) is 5.32 Å². The Morgan fingerprint density at radius 1 is 1.67 bits per heavy atom. The Morgan fingerprint density at radius 2 is 2.50 bits per heavy atom. The molecule has 0 aromatic carbocycles. The second-order valence-corrected chi connectivity index (χ2v) is 4.47. The van der Waals surface area contributed by atoms with Gasteiger partial charge in [-0.05, 0) is 30.9 Å². The zero-order valence-electron chi connectivity index (χ0n) is 10.3. The standard InChI is InChI=1S/C13H16N2O2S/c1-2-17-7-4-6-15-13(16)11(10-14)9-12-5-3-8-18-12/h3,5,8-9H,2,4,6-7H2,1H3,(H,15,16)/b11-9+. The highest BCUT2D eigenvalue weighted by Gasteiger charge is 2.08. The van der Waals surface area contributed by atoms with Gasteiger partial charge in [-0.25, -0.2) is 0 Å². The third-order valence-electron chi connectivity index (χ3n) is 2.15. The number of nitriles is 1. The normalized spacial score (nSPS) is 11.0. The van der Waals surface area contributed by atoms with E-state index in [1.54, 1.807) is 6.08 Å². The van der Waals surface area contributed by atoms with Gasteiger partial charge in [-0.2, -0.15) is 5.26 Å². The molecule has 0 aliphatic carbocycles. The van der Waals surface area contributed by atoms with Crippen molar-refractivity contribution in [3.63, 3.8) is 0 Å². The Labute approximate surface area is 111 Å². The first-order valence-corrected chi connectivity index (χ1v) is 6.67. The number of hydrogen-bond donors (Lipinski definition) is 1. The van der Waals surface area contributed by atoms with E-state index in [0.29, 0.717) is 19.8 Å². The van der Waals surface area contributed by atoms with Crippen LogP contribution in [0.5, 0.6) is 0 Å². The maximum absolute atomic E-state index is 11.7. The highest BCUT2D eigenvalue weighted by Crippen LogP contribution is 2.13. The third kappa shape index (κ3) is 5.13. The predicted molar refractivity (Wildman–Crippen MR) is 72.0 cm³/mol. The number of nitrogens with zero attached hydrogens (tertiary/aromatic N) is 1. The van der Waals surface area contributed by atoms with Gasteiger partial charge in [0.05, 0.1) is 0 Å². The van der Waals surface area contributed by atoms with Crippen LogP contribution in [0.4, 0.5) is 0 Å². The molecule has 1 aromatic rings. The molecule has 1 aromatic heterocycles. The summed E-state index contributed by atoms with van der Waals surface area (Å²) in [6.45, 7) is 3.74. The van der Waals surface area contributed by atoms with Gasteiger partial charge in [0.2, 0.25) is 0 Å². The average molecular weight is 264 g/mol. The molecule has 0 spiro atoms. The summed E-state index contributed by atoms with van der Waals surface area (Å²) in [4.78, 5) is 12.6. The van der Waals surface area contributed by atoms with Crippen LogP contribution in [0.1, 0.15) is 18.2 Å². The maximum Gasteiger partial charge on any atom is 0.261 e. The minimum atomic E-state index is -0.331. The monoisotopic (exact) mass is 264 g/mol. The fourth-order valence-corrected chi connectivity index (χ4v) is 1.94. The lowest BCUT2D eigenvalue weighted by atomic mass is 10.2. The molecule has 4 nitrogen and oxygen atoms in total. The fourth-order valence-electron chi connectivity index (χ4n) is 1.28. The van der Waals surface area contributed by atoms with Crippen LogP contribution in [-0.4, -0.2) is 25.7 Å². The summed E-state index contributed by atoms with van der Waals surface area (Å²) in [6, 6.07) is 5.66. The molecule has 0 bridgehead atoms. The predicted octanol–water partition coefficient (Wildman–Crippen LogP) is 2.20. The van der Waals surface area contributed by atoms with Crippen molar-refractivity contribution in [1.82, 2.24) is 5.32 Å². The molecule has 0 saturated carbocycles. The average Bonchev–Trinajstić information content (AvgIpc) is 2.88. The molecule has 5 heteroatoms. The Kier molecular flexibility index (Phi) is 6.77. The van der Waals surface area contributed by atoms with E-state index in [-0.39, 0.29) is 11.5 Å². The van der Waals surface area contributed by atoms with Crippen molar-refractivity contribution in [3.05, 3.63) is 28.0 Å². The zero-order chi connectivity index (χ0) is 13.2. The Morgan fingerprint density at radius 3 is 3.11 bits per heavy atom. The van der Waals surface area contributed by atoms with Gasteiger partial charge in [0, 0.05) is 24.6 Å². The Balaban J connectivity index is 2.42. The first-order valence-electron chi connectivity index (χ1n) is 5.79. The summed E-state index contributed by atoms with van der Waals surface area (Å²) >= 11 is 1.49. The Hall–Kier alpha value is -1.64. The van der Waals surface area contributed by atoms with Crippen molar-refractivity contribution in [2.45, 2.75) is 13.3 Å². The zero-order valence-corrected chi connectivity index (χ0v) is 11.1. The lowest BCUT2D eigenvalue weighted by Gasteiger charge is -2.04. The molecule has 1 rings (SSSR count). The molecule has 0 radical (unpaired) electrons. The van der Waals surface area contributed by atoms with Crippen molar-refractivity contribution < 1.29 is 9.53 Å². The van der Waals surface area contributed by atoms with Gasteiger partial charge in [-0.3, -0.25) is 4.79 Å². The Bertz CT molecular complexity index is 432. The van der Waals surface area contributed by atoms with Crippen molar-refractivity contribution in [2.24, 2.45) is 0 Å². The summed E-state index contributed by atoms with van der Waals surface area (Å²) in [5.41, 5.74) is 0.133. The van der Waals surface area contributed by atoms with E-state index in [9.17, 15) is 4.79 Å². The first kappa shape index (κ1) is 14.4. The summed E-state index contributed by atoms with van der Waals surface area (Å²) in [5, 5.41) is 13.5. The molecule has 0 unspecified atom stereocenters. The number of carbonyl (C=O) groups is 1. The first-order chi connectivity index (χ1) is 8.77. The minimum absolute atomic E-state index is 0.133. The number of hydrogen-bond acceptors (Lipinski definition) is 4. The number of ether oxygens (including phenoxy) is 1. The number of carbonyl (C=O) groups excluding carboxylic acids is 1. The van der Waals surface area contributed by atoms with Gasteiger partial charge in [-0.15, -0.1) is 11.3 Å². The van der Waals surface area contributed by atoms with Crippen LogP contribution in [-0.2, 0) is 9.53 Å². The molecule has 96 valence electrons. The molecule has 1 N–H and O–H groups in total. The molecular formula is C13H16N2O2S. The lowest BCUT2D eigenvalue weighted by Crippen LogP contribution is -2.26. The van der Waals surface area contributed by atoms with Gasteiger partial charge in [0.25, 0.3) is 5.91 Å². The largest absolute Gasteiger partial charge is 0.382 e. The van der Waals surface area contributed by atoms with Crippen molar-refractivity contribution in [3.8, 4) is 6.07 Å². The fraction of sp³-hybridized carbons (Fsp3) is 0.385.